The van der Waals surface area contributed by atoms with Crippen LogP contribution in [0.4, 0.5) is 20.3 Å². The van der Waals surface area contributed by atoms with Crippen molar-refractivity contribution in [1.29, 1.82) is 0 Å². The first kappa shape index (κ1) is 11.1. The Hall–Kier alpha value is -1.39. The van der Waals surface area contributed by atoms with Crippen molar-refractivity contribution in [1.82, 2.24) is 4.98 Å². The second-order valence-electron chi connectivity index (χ2n) is 4.28. The van der Waals surface area contributed by atoms with Gasteiger partial charge < -0.3 is 10.6 Å². The van der Waals surface area contributed by atoms with Gasteiger partial charge in [0.1, 0.15) is 5.82 Å². The molecule has 0 saturated carbocycles. The number of aryl methyl sites for hydroxylation is 1. The van der Waals surface area contributed by atoms with Gasteiger partial charge in [-0.2, -0.15) is 0 Å². The van der Waals surface area contributed by atoms with E-state index >= 15 is 0 Å². The lowest BCUT2D eigenvalue weighted by Crippen LogP contribution is -2.43. The predicted molar refractivity (Wildman–Crippen MR) is 59.8 cm³/mol. The second kappa shape index (κ2) is 3.88. The smallest absolute Gasteiger partial charge is 0.265 e. The lowest BCUT2D eigenvalue weighted by molar-refractivity contribution is -0.0118. The molecule has 0 atom stereocenters. The van der Waals surface area contributed by atoms with E-state index in [-0.39, 0.29) is 13.0 Å². The third kappa shape index (κ3) is 2.23. The van der Waals surface area contributed by atoms with Crippen LogP contribution in [0.5, 0.6) is 0 Å². The van der Waals surface area contributed by atoms with Crippen LogP contribution in [-0.4, -0.2) is 24.0 Å². The molecule has 1 aliphatic rings. The van der Waals surface area contributed by atoms with E-state index in [4.69, 9.17) is 5.73 Å². The number of nitrogens with zero attached hydrogens (tertiary/aromatic N) is 2. The minimum absolute atomic E-state index is 0.0303. The summed E-state index contributed by atoms with van der Waals surface area (Å²) in [5.41, 5.74) is 7.11. The third-order valence-corrected chi connectivity index (χ3v) is 2.85. The number of hydrogen-bond donors (Lipinski definition) is 1. The molecule has 0 amide bonds. The number of aromatic nitrogens is 1. The molecule has 2 rings (SSSR count). The highest BCUT2D eigenvalue weighted by Gasteiger charge is 2.35. The van der Waals surface area contributed by atoms with Gasteiger partial charge >= 0.3 is 0 Å². The van der Waals surface area contributed by atoms with Crippen molar-refractivity contribution in [3.8, 4) is 0 Å². The van der Waals surface area contributed by atoms with Crippen molar-refractivity contribution < 1.29 is 8.78 Å². The molecule has 0 aliphatic carbocycles. The molecule has 5 heteroatoms. The maximum atomic E-state index is 13.2. The molecule has 2 N–H and O–H groups in total. The largest absolute Gasteiger partial charge is 0.397 e. The molecule has 1 saturated heterocycles. The Morgan fingerprint density at radius 1 is 1.50 bits per heavy atom. The highest BCUT2D eigenvalue weighted by molar-refractivity contribution is 5.52. The van der Waals surface area contributed by atoms with Gasteiger partial charge in [-0.3, -0.25) is 0 Å². The fourth-order valence-electron chi connectivity index (χ4n) is 1.89. The third-order valence-electron chi connectivity index (χ3n) is 2.85. The molecule has 0 aromatic carbocycles. The number of nitrogens with two attached hydrogens (primary N) is 1. The summed E-state index contributed by atoms with van der Waals surface area (Å²) in [4.78, 5) is 5.72. The molecule has 2 heterocycles. The molecule has 88 valence electrons. The van der Waals surface area contributed by atoms with Crippen molar-refractivity contribution in [2.45, 2.75) is 25.7 Å². The number of nitrogen functional groups attached to an aromatic ring is 1. The number of piperidine rings is 1. The Bertz CT molecular complexity index is 393. The summed E-state index contributed by atoms with van der Waals surface area (Å²) in [6.07, 6.45) is 1.99. The summed E-state index contributed by atoms with van der Waals surface area (Å²) in [6.45, 7) is 2.23. The van der Waals surface area contributed by atoms with Crippen molar-refractivity contribution in [3.63, 3.8) is 0 Å². The van der Waals surface area contributed by atoms with Gasteiger partial charge in [-0.05, 0) is 25.0 Å². The fraction of sp³-hybridized carbons (Fsp3) is 0.545. The minimum atomic E-state index is -2.60. The van der Waals surface area contributed by atoms with Gasteiger partial charge in [0.2, 0.25) is 0 Å². The van der Waals surface area contributed by atoms with Crippen molar-refractivity contribution in [2.75, 3.05) is 23.7 Å². The lowest BCUT2D eigenvalue weighted by Gasteiger charge is -2.33. The summed E-state index contributed by atoms with van der Waals surface area (Å²) < 4.78 is 26.5. The first-order valence-electron chi connectivity index (χ1n) is 5.33. The summed E-state index contributed by atoms with van der Waals surface area (Å²) in [7, 11) is 0. The zero-order chi connectivity index (χ0) is 11.8. The minimum Gasteiger partial charge on any atom is -0.397 e. The van der Waals surface area contributed by atoms with Crippen LogP contribution in [0.25, 0.3) is 0 Å². The van der Waals surface area contributed by atoms with Gasteiger partial charge in [0.05, 0.1) is 18.4 Å². The number of pyridine rings is 1. The highest BCUT2D eigenvalue weighted by Crippen LogP contribution is 2.29. The van der Waals surface area contributed by atoms with Crippen LogP contribution in [0.15, 0.2) is 12.3 Å². The normalized spacial score (nSPS) is 19.8. The van der Waals surface area contributed by atoms with Crippen LogP contribution in [-0.2, 0) is 0 Å². The zero-order valence-electron chi connectivity index (χ0n) is 9.21. The van der Waals surface area contributed by atoms with Crippen molar-refractivity contribution in [2.24, 2.45) is 0 Å². The van der Waals surface area contributed by atoms with E-state index in [2.05, 4.69) is 4.98 Å². The SMILES string of the molecule is Cc1cc(N2CCCC(F)(F)C2)ncc1N. The number of halogens is 2. The fourth-order valence-corrected chi connectivity index (χ4v) is 1.89. The molecule has 16 heavy (non-hydrogen) atoms. The van der Waals surface area contributed by atoms with E-state index in [0.717, 1.165) is 5.56 Å². The molecule has 1 aliphatic heterocycles. The maximum absolute atomic E-state index is 13.2. The van der Waals surface area contributed by atoms with Crippen molar-refractivity contribution in [3.05, 3.63) is 17.8 Å². The summed E-state index contributed by atoms with van der Waals surface area (Å²) >= 11 is 0. The van der Waals surface area contributed by atoms with Gasteiger partial charge in [-0.25, -0.2) is 13.8 Å². The molecule has 3 nitrogen and oxygen atoms in total. The number of rotatable bonds is 1. The molecule has 0 spiro atoms. The highest BCUT2D eigenvalue weighted by atomic mass is 19.3. The van der Waals surface area contributed by atoms with Gasteiger partial charge in [-0.15, -0.1) is 0 Å². The van der Waals surface area contributed by atoms with E-state index in [0.29, 0.717) is 24.5 Å². The maximum Gasteiger partial charge on any atom is 0.265 e. The molecule has 1 aromatic rings. The summed E-state index contributed by atoms with van der Waals surface area (Å²) in [5, 5.41) is 0. The zero-order valence-corrected chi connectivity index (χ0v) is 9.21. The summed E-state index contributed by atoms with van der Waals surface area (Å²) in [6, 6.07) is 1.76. The number of alkyl halides is 2. The second-order valence-corrected chi connectivity index (χ2v) is 4.28. The Labute approximate surface area is 93.3 Å². The Morgan fingerprint density at radius 2 is 2.25 bits per heavy atom. The van der Waals surface area contributed by atoms with Crippen LogP contribution in [0.2, 0.25) is 0 Å². The quantitative estimate of drug-likeness (QED) is 0.799. The van der Waals surface area contributed by atoms with Gasteiger partial charge in [-0.1, -0.05) is 0 Å². The molecule has 0 unspecified atom stereocenters. The molecule has 1 aromatic heterocycles. The lowest BCUT2D eigenvalue weighted by atomic mass is 10.1. The van der Waals surface area contributed by atoms with Gasteiger partial charge in [0.15, 0.2) is 0 Å². The number of anilines is 2. The first-order valence-corrected chi connectivity index (χ1v) is 5.33. The van der Waals surface area contributed by atoms with Crippen LogP contribution < -0.4 is 10.6 Å². The Kier molecular flexibility index (Phi) is 2.69. The van der Waals surface area contributed by atoms with E-state index < -0.39 is 5.92 Å². The standard InChI is InChI=1S/C11H15F2N3/c1-8-5-10(15-6-9(8)14)16-4-2-3-11(12,13)7-16/h5-6H,2-4,7,14H2,1H3. The van der Waals surface area contributed by atoms with Gasteiger partial charge in [0, 0.05) is 13.0 Å². The van der Waals surface area contributed by atoms with E-state index in [1.165, 1.54) is 6.20 Å². The van der Waals surface area contributed by atoms with Crippen LogP contribution in [0.3, 0.4) is 0 Å². The predicted octanol–water partition coefficient (Wildman–Crippen LogP) is 2.21. The molecular formula is C11H15F2N3. The summed E-state index contributed by atoms with van der Waals surface area (Å²) in [5.74, 6) is -2.01. The molecule has 0 radical (unpaired) electrons. The Balaban J connectivity index is 2.20. The number of hydrogen-bond acceptors (Lipinski definition) is 3. The average molecular weight is 227 g/mol. The van der Waals surface area contributed by atoms with Gasteiger partial charge in [0.25, 0.3) is 5.92 Å². The molecule has 0 bridgehead atoms. The molecular weight excluding hydrogens is 212 g/mol. The van der Waals surface area contributed by atoms with Crippen LogP contribution in [0.1, 0.15) is 18.4 Å². The molecule has 1 fully saturated rings. The topological polar surface area (TPSA) is 42.2 Å². The average Bonchev–Trinajstić information content (AvgIpc) is 2.20. The van der Waals surface area contributed by atoms with Crippen LogP contribution >= 0.6 is 0 Å². The van der Waals surface area contributed by atoms with Crippen molar-refractivity contribution >= 4 is 11.5 Å². The van der Waals surface area contributed by atoms with E-state index in [1.807, 2.05) is 6.92 Å². The van der Waals surface area contributed by atoms with Crippen LogP contribution in [0, 0.1) is 6.92 Å². The first-order chi connectivity index (χ1) is 7.48. The monoisotopic (exact) mass is 227 g/mol. The Morgan fingerprint density at radius 3 is 2.88 bits per heavy atom. The van der Waals surface area contributed by atoms with E-state index in [9.17, 15) is 8.78 Å². The van der Waals surface area contributed by atoms with E-state index in [1.54, 1.807) is 11.0 Å².